The lowest BCUT2D eigenvalue weighted by Gasteiger charge is -2.12. The van der Waals surface area contributed by atoms with Gasteiger partial charge in [-0.05, 0) is 57.7 Å². The minimum absolute atomic E-state index is 1.13. The van der Waals surface area contributed by atoms with Crippen LogP contribution >= 0.6 is 23.5 Å². The zero-order chi connectivity index (χ0) is 19.7. The Bertz CT molecular complexity index is 807. The second kappa shape index (κ2) is 10.9. The molecule has 0 N–H and O–H groups in total. The summed E-state index contributed by atoms with van der Waals surface area (Å²) in [6, 6.07) is 27.2. The zero-order valence-electron chi connectivity index (χ0n) is 17.1. The van der Waals surface area contributed by atoms with E-state index in [9.17, 15) is 0 Å². The summed E-state index contributed by atoms with van der Waals surface area (Å²) in [5.41, 5.74) is 8.12. The lowest BCUT2D eigenvalue weighted by molar-refractivity contribution is 0.662. The number of benzene rings is 3. The average molecular weight is 419 g/mol. The van der Waals surface area contributed by atoms with Crippen LogP contribution < -0.4 is 0 Å². The van der Waals surface area contributed by atoms with Gasteiger partial charge in [-0.15, -0.1) is 0 Å². The summed E-state index contributed by atoms with van der Waals surface area (Å²) in [6.45, 7) is 0. The Morgan fingerprint density at radius 2 is 0.862 bits per heavy atom. The van der Waals surface area contributed by atoms with Crippen LogP contribution in [-0.4, -0.2) is 11.5 Å². The van der Waals surface area contributed by atoms with Gasteiger partial charge in [0.2, 0.25) is 0 Å². The van der Waals surface area contributed by atoms with Crippen LogP contribution in [0.3, 0.4) is 0 Å². The normalized spacial score (nSPS) is 16.1. The fraction of sp³-hybridized carbons (Fsp3) is 0.333. The minimum atomic E-state index is 1.13. The molecule has 0 unspecified atom stereocenters. The van der Waals surface area contributed by atoms with Gasteiger partial charge in [0.05, 0.1) is 0 Å². The van der Waals surface area contributed by atoms with Gasteiger partial charge in [-0.2, -0.15) is 23.5 Å². The number of rotatable bonds is 0. The summed E-state index contributed by atoms with van der Waals surface area (Å²) in [4.78, 5) is 0. The third-order valence-electron chi connectivity index (χ3n) is 5.57. The molecule has 0 saturated heterocycles. The van der Waals surface area contributed by atoms with Crippen molar-refractivity contribution >= 4 is 23.5 Å². The largest absolute Gasteiger partial charge is 0.157 e. The highest BCUT2D eigenvalue weighted by Gasteiger charge is 2.08. The Kier molecular flexibility index (Phi) is 7.78. The van der Waals surface area contributed by atoms with Crippen LogP contribution in [0.2, 0.25) is 0 Å². The molecule has 0 spiro atoms. The monoisotopic (exact) mass is 418 g/mol. The van der Waals surface area contributed by atoms with Crippen molar-refractivity contribution in [2.45, 2.75) is 43.6 Å². The maximum absolute atomic E-state index is 2.31. The zero-order valence-corrected chi connectivity index (χ0v) is 18.7. The van der Waals surface area contributed by atoms with Crippen LogP contribution in [0.4, 0.5) is 0 Å². The van der Waals surface area contributed by atoms with E-state index in [0.29, 0.717) is 0 Å². The molecule has 150 valence electrons. The van der Waals surface area contributed by atoms with Gasteiger partial charge < -0.3 is 0 Å². The Labute approximate surface area is 184 Å². The molecule has 3 heterocycles. The van der Waals surface area contributed by atoms with Crippen LogP contribution in [0.1, 0.15) is 43.2 Å². The SMILES string of the molecule is c1ccc2c(c1)-c1ccc(cc1)CSCCCCCCCSCc1ccc-2cc1. The fourth-order valence-corrected chi connectivity index (χ4v) is 5.83. The fourth-order valence-electron chi connectivity index (χ4n) is 3.87. The van der Waals surface area contributed by atoms with Crippen molar-refractivity contribution < 1.29 is 0 Å². The molecule has 0 radical (unpaired) electrons. The summed E-state index contributed by atoms with van der Waals surface area (Å²) >= 11 is 4.16. The smallest absolute Gasteiger partial charge is 0.0184 e. The van der Waals surface area contributed by atoms with Crippen molar-refractivity contribution in [3.05, 3.63) is 83.9 Å². The lowest BCUT2D eigenvalue weighted by atomic mass is 9.94. The molecule has 0 fully saturated rings. The third kappa shape index (κ3) is 5.93. The Morgan fingerprint density at radius 3 is 1.31 bits per heavy atom. The molecule has 3 aromatic carbocycles. The van der Waals surface area contributed by atoms with Crippen LogP contribution in [0.25, 0.3) is 22.3 Å². The van der Waals surface area contributed by atoms with Gasteiger partial charge in [0.25, 0.3) is 0 Å². The van der Waals surface area contributed by atoms with Crippen LogP contribution in [0.5, 0.6) is 0 Å². The molecule has 0 atom stereocenters. The molecule has 3 aromatic rings. The molecule has 0 saturated carbocycles. The van der Waals surface area contributed by atoms with Crippen molar-refractivity contribution in [2.24, 2.45) is 0 Å². The van der Waals surface area contributed by atoms with E-state index in [0.717, 1.165) is 11.5 Å². The number of hydrogen-bond donors (Lipinski definition) is 0. The quantitative estimate of drug-likeness (QED) is 0.359. The Hall–Kier alpha value is -1.64. The molecule has 3 aliphatic rings. The topological polar surface area (TPSA) is 0 Å². The highest BCUT2D eigenvalue weighted by molar-refractivity contribution is 7.98. The van der Waals surface area contributed by atoms with Crippen LogP contribution in [0.15, 0.2) is 72.8 Å². The second-order valence-corrected chi connectivity index (χ2v) is 10.0. The van der Waals surface area contributed by atoms with Gasteiger partial charge in [0.15, 0.2) is 0 Å². The molecule has 0 aromatic heterocycles. The molecular weight excluding hydrogens is 388 g/mol. The molecule has 0 nitrogen and oxygen atoms in total. The van der Waals surface area contributed by atoms with Gasteiger partial charge in [0, 0.05) is 11.5 Å². The molecule has 0 aliphatic carbocycles. The van der Waals surface area contributed by atoms with Crippen LogP contribution in [0, 0.1) is 0 Å². The molecule has 6 rings (SSSR count). The highest BCUT2D eigenvalue weighted by Crippen LogP contribution is 2.33. The van der Waals surface area contributed by atoms with E-state index in [1.165, 1.54) is 77.0 Å². The van der Waals surface area contributed by atoms with Gasteiger partial charge >= 0.3 is 0 Å². The molecule has 2 heteroatoms. The van der Waals surface area contributed by atoms with E-state index >= 15 is 0 Å². The molecular formula is C27H30S2. The van der Waals surface area contributed by atoms with E-state index in [1.807, 2.05) is 0 Å². The first-order valence-electron chi connectivity index (χ1n) is 10.8. The van der Waals surface area contributed by atoms with Gasteiger partial charge in [-0.3, -0.25) is 0 Å². The van der Waals surface area contributed by atoms with E-state index < -0.39 is 0 Å². The third-order valence-corrected chi connectivity index (χ3v) is 7.80. The number of hydrogen-bond acceptors (Lipinski definition) is 2. The Balaban J connectivity index is 1.59. The average Bonchev–Trinajstić information content (AvgIpc) is 2.78. The van der Waals surface area contributed by atoms with Crippen molar-refractivity contribution in [3.63, 3.8) is 0 Å². The minimum Gasteiger partial charge on any atom is -0.157 e. The predicted molar refractivity (Wildman–Crippen MR) is 133 cm³/mol. The van der Waals surface area contributed by atoms with Crippen LogP contribution in [-0.2, 0) is 11.5 Å². The first-order valence-corrected chi connectivity index (χ1v) is 13.1. The number of fused-ring (bicyclic) bond motifs is 2. The lowest BCUT2D eigenvalue weighted by Crippen LogP contribution is -1.88. The van der Waals surface area contributed by atoms with E-state index in [-0.39, 0.29) is 0 Å². The standard InChI is InChI=1S/C27H30S2/c1-2-6-18-28-20-22-10-14-24(15-11-22)26-8-4-5-9-27(26)25-16-12-23(13-17-25)21-29-19-7-3-1/h4-5,8-17H,1-3,6-7,18-21H2. The van der Waals surface area contributed by atoms with Crippen molar-refractivity contribution in [1.29, 1.82) is 0 Å². The van der Waals surface area contributed by atoms with Gasteiger partial charge in [0.1, 0.15) is 0 Å². The summed E-state index contributed by atoms with van der Waals surface area (Å²) in [7, 11) is 0. The number of thioether (sulfide) groups is 2. The molecule has 0 amide bonds. The predicted octanol–water partition coefficient (Wildman–Crippen LogP) is 8.45. The van der Waals surface area contributed by atoms with Gasteiger partial charge in [-0.25, -0.2) is 0 Å². The Morgan fingerprint density at radius 1 is 0.448 bits per heavy atom. The second-order valence-electron chi connectivity index (χ2n) is 7.81. The van der Waals surface area contributed by atoms with E-state index in [4.69, 9.17) is 0 Å². The maximum Gasteiger partial charge on any atom is 0.0184 e. The highest BCUT2D eigenvalue weighted by atomic mass is 32.2. The van der Waals surface area contributed by atoms with E-state index in [1.54, 1.807) is 0 Å². The van der Waals surface area contributed by atoms with Gasteiger partial charge in [-0.1, -0.05) is 92.1 Å². The van der Waals surface area contributed by atoms with Crippen molar-refractivity contribution in [3.8, 4) is 22.3 Å². The molecule has 4 bridgehead atoms. The first kappa shape index (κ1) is 20.6. The summed E-state index contributed by atoms with van der Waals surface area (Å²) < 4.78 is 0. The van der Waals surface area contributed by atoms with E-state index in [2.05, 4.69) is 96.3 Å². The summed E-state index contributed by atoms with van der Waals surface area (Å²) in [5.74, 6) is 4.82. The molecule has 3 aliphatic heterocycles. The maximum atomic E-state index is 2.31. The molecule has 29 heavy (non-hydrogen) atoms. The van der Waals surface area contributed by atoms with Crippen molar-refractivity contribution in [2.75, 3.05) is 11.5 Å². The van der Waals surface area contributed by atoms with Crippen molar-refractivity contribution in [1.82, 2.24) is 0 Å². The summed E-state index contributed by atoms with van der Waals surface area (Å²) in [6.07, 6.45) is 6.87. The first-order chi connectivity index (χ1) is 14.4. The summed E-state index contributed by atoms with van der Waals surface area (Å²) in [5, 5.41) is 0.